The minimum absolute atomic E-state index is 0.120. The Bertz CT molecular complexity index is 624. The molecule has 1 aromatic carbocycles. The molecule has 0 atom stereocenters. The van der Waals surface area contributed by atoms with Gasteiger partial charge in [0.25, 0.3) is 0 Å². The topological polar surface area (TPSA) is 42.4 Å². The highest BCUT2D eigenvalue weighted by Gasteiger charge is 2.07. The molecule has 19 heavy (non-hydrogen) atoms. The van der Waals surface area contributed by atoms with Crippen LogP contribution in [-0.2, 0) is 0 Å². The molecule has 0 unspecified atom stereocenters. The van der Waals surface area contributed by atoms with Gasteiger partial charge in [-0.25, -0.2) is 0 Å². The molecule has 4 heteroatoms. The van der Waals surface area contributed by atoms with Crippen molar-refractivity contribution in [2.75, 3.05) is 7.11 Å². The van der Waals surface area contributed by atoms with E-state index in [0.717, 1.165) is 15.9 Å². The number of hydrogen-bond donors (Lipinski definition) is 1. The molecule has 0 saturated carbocycles. The maximum Gasteiger partial charge on any atom is 0.165 e. The van der Waals surface area contributed by atoms with Gasteiger partial charge in [0.15, 0.2) is 11.5 Å². The smallest absolute Gasteiger partial charge is 0.165 e. The molecule has 0 aliphatic rings. The van der Waals surface area contributed by atoms with Crippen LogP contribution in [0.2, 0.25) is 0 Å². The van der Waals surface area contributed by atoms with Gasteiger partial charge in [-0.2, -0.15) is 0 Å². The van der Waals surface area contributed by atoms with Gasteiger partial charge >= 0.3 is 0 Å². The number of halogens is 1. The Morgan fingerprint density at radius 3 is 2.74 bits per heavy atom. The van der Waals surface area contributed by atoms with Crippen LogP contribution in [0.4, 0.5) is 0 Å². The van der Waals surface area contributed by atoms with Crippen molar-refractivity contribution in [1.82, 2.24) is 4.98 Å². The van der Waals surface area contributed by atoms with E-state index in [2.05, 4.69) is 20.9 Å². The van der Waals surface area contributed by atoms with Gasteiger partial charge in [-0.3, -0.25) is 4.98 Å². The average molecular weight is 320 g/mol. The number of methoxy groups -OCH3 is 1. The summed E-state index contributed by atoms with van der Waals surface area (Å²) < 4.78 is 5.95. The zero-order valence-electron chi connectivity index (χ0n) is 10.7. The summed E-state index contributed by atoms with van der Waals surface area (Å²) in [5, 5.41) is 10.0. The van der Waals surface area contributed by atoms with Crippen LogP contribution in [0.5, 0.6) is 11.5 Å². The Kier molecular flexibility index (Phi) is 4.22. The van der Waals surface area contributed by atoms with Crippen molar-refractivity contribution >= 4 is 28.1 Å². The first kappa shape index (κ1) is 13.6. The van der Waals surface area contributed by atoms with E-state index in [1.54, 1.807) is 6.07 Å². The Hall–Kier alpha value is -1.81. The fourth-order valence-corrected chi connectivity index (χ4v) is 2.16. The Morgan fingerprint density at radius 1 is 1.26 bits per heavy atom. The van der Waals surface area contributed by atoms with Gasteiger partial charge in [0.1, 0.15) is 0 Å². The molecule has 2 aromatic rings. The van der Waals surface area contributed by atoms with Crippen LogP contribution in [0.1, 0.15) is 17.0 Å². The molecule has 0 aliphatic heterocycles. The predicted octanol–water partition coefficient (Wildman–Crippen LogP) is 4.04. The standard InChI is InChI=1S/C15H14BrNO2/c1-10-4-3-5-13(17-10)7-6-11-8-12(16)9-14(19-2)15(11)18/h3-9,18H,1-2H3/b7-6+. The third-order valence-corrected chi connectivity index (χ3v) is 3.09. The van der Waals surface area contributed by atoms with E-state index in [0.29, 0.717) is 11.3 Å². The largest absolute Gasteiger partial charge is 0.504 e. The summed E-state index contributed by atoms with van der Waals surface area (Å²) in [7, 11) is 1.52. The number of aromatic nitrogens is 1. The minimum atomic E-state index is 0.120. The molecule has 3 nitrogen and oxygen atoms in total. The second-order valence-corrected chi connectivity index (χ2v) is 5.00. The van der Waals surface area contributed by atoms with Crippen LogP contribution in [-0.4, -0.2) is 17.2 Å². The first-order chi connectivity index (χ1) is 9.10. The van der Waals surface area contributed by atoms with Crippen LogP contribution in [0.3, 0.4) is 0 Å². The number of hydrogen-bond acceptors (Lipinski definition) is 3. The highest BCUT2D eigenvalue weighted by atomic mass is 79.9. The first-order valence-electron chi connectivity index (χ1n) is 5.78. The summed E-state index contributed by atoms with van der Waals surface area (Å²) in [6.45, 7) is 1.94. The van der Waals surface area contributed by atoms with E-state index in [-0.39, 0.29) is 5.75 Å². The average Bonchev–Trinajstić information content (AvgIpc) is 2.39. The molecule has 0 spiro atoms. The van der Waals surface area contributed by atoms with Gasteiger partial charge in [-0.15, -0.1) is 0 Å². The SMILES string of the molecule is COc1cc(Br)cc(/C=C/c2cccc(C)n2)c1O. The van der Waals surface area contributed by atoms with Crippen molar-refractivity contribution in [3.8, 4) is 11.5 Å². The van der Waals surface area contributed by atoms with E-state index in [9.17, 15) is 5.11 Å². The monoisotopic (exact) mass is 319 g/mol. The lowest BCUT2D eigenvalue weighted by Crippen LogP contribution is -1.87. The lowest BCUT2D eigenvalue weighted by atomic mass is 10.1. The first-order valence-corrected chi connectivity index (χ1v) is 6.57. The van der Waals surface area contributed by atoms with Crippen molar-refractivity contribution in [3.63, 3.8) is 0 Å². The highest BCUT2D eigenvalue weighted by molar-refractivity contribution is 9.10. The minimum Gasteiger partial charge on any atom is -0.504 e. The van der Waals surface area contributed by atoms with Gasteiger partial charge in [-0.1, -0.05) is 22.0 Å². The Morgan fingerprint density at radius 2 is 2.05 bits per heavy atom. The van der Waals surface area contributed by atoms with Crippen molar-refractivity contribution in [2.24, 2.45) is 0 Å². The van der Waals surface area contributed by atoms with Crippen LogP contribution >= 0.6 is 15.9 Å². The maximum absolute atomic E-state index is 10.0. The lowest BCUT2D eigenvalue weighted by Gasteiger charge is -2.07. The second kappa shape index (κ2) is 5.89. The molecule has 0 bridgehead atoms. The number of ether oxygens (including phenoxy) is 1. The van der Waals surface area contributed by atoms with Gasteiger partial charge in [0.2, 0.25) is 0 Å². The molecule has 98 valence electrons. The molecule has 0 fully saturated rings. The summed E-state index contributed by atoms with van der Waals surface area (Å²) in [6, 6.07) is 9.35. The lowest BCUT2D eigenvalue weighted by molar-refractivity contribution is 0.372. The van der Waals surface area contributed by atoms with Gasteiger partial charge in [0, 0.05) is 15.7 Å². The number of nitrogens with zero attached hydrogens (tertiary/aromatic N) is 1. The summed E-state index contributed by atoms with van der Waals surface area (Å²) in [5.41, 5.74) is 2.48. The number of pyridine rings is 1. The van der Waals surface area contributed by atoms with Crippen molar-refractivity contribution < 1.29 is 9.84 Å². The van der Waals surface area contributed by atoms with Crippen molar-refractivity contribution in [2.45, 2.75) is 6.92 Å². The third kappa shape index (κ3) is 3.35. The van der Waals surface area contributed by atoms with Crippen LogP contribution < -0.4 is 4.74 Å². The molecule has 0 aliphatic carbocycles. The fraction of sp³-hybridized carbons (Fsp3) is 0.133. The second-order valence-electron chi connectivity index (χ2n) is 4.08. The predicted molar refractivity (Wildman–Crippen MR) is 80.3 cm³/mol. The molecule has 1 heterocycles. The molecule has 1 aromatic heterocycles. The fourth-order valence-electron chi connectivity index (χ4n) is 1.71. The molecule has 0 saturated heterocycles. The maximum atomic E-state index is 10.0. The molecule has 2 rings (SSSR count). The van der Waals surface area contributed by atoms with Gasteiger partial charge in [0.05, 0.1) is 12.8 Å². The highest BCUT2D eigenvalue weighted by Crippen LogP contribution is 2.34. The van der Waals surface area contributed by atoms with E-state index >= 15 is 0 Å². The van der Waals surface area contributed by atoms with Crippen molar-refractivity contribution in [3.05, 3.63) is 51.8 Å². The summed E-state index contributed by atoms with van der Waals surface area (Å²) >= 11 is 3.39. The molecule has 0 radical (unpaired) electrons. The summed E-state index contributed by atoms with van der Waals surface area (Å²) in [5.74, 6) is 0.556. The molecule has 1 N–H and O–H groups in total. The van der Waals surface area contributed by atoms with E-state index in [1.807, 2.05) is 43.3 Å². The normalized spacial score (nSPS) is 10.9. The van der Waals surface area contributed by atoms with E-state index < -0.39 is 0 Å². The van der Waals surface area contributed by atoms with Gasteiger partial charge < -0.3 is 9.84 Å². The number of aromatic hydroxyl groups is 1. The van der Waals surface area contributed by atoms with E-state index in [1.165, 1.54) is 7.11 Å². The Balaban J connectivity index is 2.35. The van der Waals surface area contributed by atoms with Crippen LogP contribution in [0.25, 0.3) is 12.2 Å². The van der Waals surface area contributed by atoms with Crippen LogP contribution in [0.15, 0.2) is 34.8 Å². The zero-order chi connectivity index (χ0) is 13.8. The van der Waals surface area contributed by atoms with E-state index in [4.69, 9.17) is 4.74 Å². The summed E-state index contributed by atoms with van der Waals surface area (Å²) in [4.78, 5) is 4.37. The Labute approximate surface area is 120 Å². The number of benzene rings is 1. The zero-order valence-corrected chi connectivity index (χ0v) is 12.3. The number of phenolic OH excluding ortho intramolecular Hbond substituents is 1. The molecular weight excluding hydrogens is 306 g/mol. The molecular formula is C15H14BrNO2. The number of phenols is 1. The molecule has 0 amide bonds. The number of rotatable bonds is 3. The quantitative estimate of drug-likeness (QED) is 0.928. The number of aryl methyl sites for hydroxylation is 1. The third-order valence-electron chi connectivity index (χ3n) is 2.63. The van der Waals surface area contributed by atoms with Gasteiger partial charge in [-0.05, 0) is 43.3 Å². The van der Waals surface area contributed by atoms with Crippen LogP contribution in [0, 0.1) is 6.92 Å². The van der Waals surface area contributed by atoms with Crippen molar-refractivity contribution in [1.29, 1.82) is 0 Å². The summed E-state index contributed by atoms with van der Waals surface area (Å²) in [6.07, 6.45) is 3.66.